The van der Waals surface area contributed by atoms with Crippen molar-refractivity contribution in [3.05, 3.63) is 83.2 Å². The molecule has 0 unspecified atom stereocenters. The van der Waals surface area contributed by atoms with E-state index in [9.17, 15) is 19.6 Å². The SMILES string of the molecule is Cn1cc(NC(=O)c2ccc3c(c2)[C@]2(CCO3)C[C@H]2C(=O)Nc2cc(C#N)ccc2CC=CC(=O)O)cn1. The van der Waals surface area contributed by atoms with Gasteiger partial charge >= 0.3 is 5.97 Å². The molecule has 1 aliphatic heterocycles. The topological polar surface area (TPSA) is 146 Å². The molecule has 2 atom stereocenters. The van der Waals surface area contributed by atoms with Gasteiger partial charge in [0, 0.05) is 47.5 Å². The van der Waals surface area contributed by atoms with Crippen LogP contribution in [0.25, 0.3) is 0 Å². The van der Waals surface area contributed by atoms with Gasteiger partial charge in [-0.3, -0.25) is 14.3 Å². The number of nitrogens with one attached hydrogen (secondary N) is 2. The molecule has 3 N–H and O–H groups in total. The number of benzene rings is 2. The zero-order valence-corrected chi connectivity index (χ0v) is 20.6. The van der Waals surface area contributed by atoms with Gasteiger partial charge in [-0.1, -0.05) is 12.1 Å². The predicted molar refractivity (Wildman–Crippen MR) is 138 cm³/mol. The number of aromatic nitrogens is 2. The summed E-state index contributed by atoms with van der Waals surface area (Å²) in [6.07, 6.45) is 7.33. The van der Waals surface area contributed by atoms with E-state index in [4.69, 9.17) is 9.84 Å². The van der Waals surface area contributed by atoms with Crippen LogP contribution >= 0.6 is 0 Å². The number of ether oxygens (including phenoxy) is 1. The third kappa shape index (κ3) is 4.86. The maximum atomic E-state index is 13.4. The molecule has 0 saturated heterocycles. The number of hydrogen-bond acceptors (Lipinski definition) is 6. The number of amides is 2. The Hall–Kier alpha value is -4.91. The molecule has 3 aromatic rings. The van der Waals surface area contributed by atoms with Crippen LogP contribution in [0, 0.1) is 17.2 Å². The highest BCUT2D eigenvalue weighted by molar-refractivity contribution is 6.04. The van der Waals surface area contributed by atoms with Crippen molar-refractivity contribution in [1.29, 1.82) is 5.26 Å². The van der Waals surface area contributed by atoms with Crippen molar-refractivity contribution in [3.8, 4) is 11.8 Å². The summed E-state index contributed by atoms with van der Waals surface area (Å²) in [6.45, 7) is 0.465. The van der Waals surface area contributed by atoms with Gasteiger partial charge in [0.25, 0.3) is 5.91 Å². The second kappa shape index (κ2) is 9.86. The van der Waals surface area contributed by atoms with Gasteiger partial charge in [0.05, 0.1) is 30.1 Å². The number of anilines is 2. The summed E-state index contributed by atoms with van der Waals surface area (Å²) >= 11 is 0. The Bertz CT molecular complexity index is 1520. The average Bonchev–Trinajstić information content (AvgIpc) is 3.47. The van der Waals surface area contributed by atoms with Crippen LogP contribution < -0.4 is 15.4 Å². The number of aryl methyl sites for hydroxylation is 1. The normalized spacial score (nSPS) is 19.3. The number of aliphatic carboxylic acids is 1. The van der Waals surface area contributed by atoms with Crippen LogP contribution in [0.15, 0.2) is 60.9 Å². The Kier molecular flexibility index (Phi) is 6.43. The quantitative estimate of drug-likeness (QED) is 0.412. The zero-order chi connectivity index (χ0) is 26.9. The molecule has 2 aliphatic rings. The first-order valence-corrected chi connectivity index (χ1v) is 12.1. The number of carbonyl (C=O) groups excluding carboxylic acids is 2. The van der Waals surface area contributed by atoms with Crippen molar-refractivity contribution in [2.75, 3.05) is 17.2 Å². The molecule has 10 heteroatoms. The summed E-state index contributed by atoms with van der Waals surface area (Å²) in [5, 5.41) is 28.1. The van der Waals surface area contributed by atoms with Crippen LogP contribution in [-0.4, -0.2) is 39.3 Å². The zero-order valence-electron chi connectivity index (χ0n) is 20.6. The van der Waals surface area contributed by atoms with Crippen molar-refractivity contribution < 1.29 is 24.2 Å². The van der Waals surface area contributed by atoms with Crippen LogP contribution in [-0.2, 0) is 28.5 Å². The van der Waals surface area contributed by atoms with E-state index in [0.717, 1.165) is 11.6 Å². The Balaban J connectivity index is 1.36. The van der Waals surface area contributed by atoms with E-state index in [-0.39, 0.29) is 24.2 Å². The van der Waals surface area contributed by atoms with Gasteiger partial charge in [0.2, 0.25) is 5.91 Å². The number of nitriles is 1. The number of carbonyl (C=O) groups is 3. The standard InChI is InChI=1S/C28H25N5O5/c1-33-16-20(15-30-33)31-26(36)19-7-8-24-21(12-19)28(9-10-38-24)13-22(28)27(37)32-23-11-17(14-29)5-6-18(23)3-2-4-25(34)35/h2,4-8,11-12,15-16,22H,3,9-10,13H2,1H3,(H,31,36)(H,32,37)(H,34,35)/t22-,28-/m0/s1. The number of rotatable bonds is 7. The molecular formula is C28H25N5O5. The molecule has 0 bridgehead atoms. The molecule has 0 radical (unpaired) electrons. The summed E-state index contributed by atoms with van der Waals surface area (Å²) in [5.41, 5.74) is 2.99. The van der Waals surface area contributed by atoms with Crippen LogP contribution in [0.4, 0.5) is 11.4 Å². The minimum atomic E-state index is -1.06. The minimum Gasteiger partial charge on any atom is -0.493 e. The molecule has 2 heterocycles. The van der Waals surface area contributed by atoms with E-state index in [1.165, 1.54) is 6.08 Å². The van der Waals surface area contributed by atoms with E-state index in [0.29, 0.717) is 53.3 Å². The highest BCUT2D eigenvalue weighted by atomic mass is 16.5. The van der Waals surface area contributed by atoms with Crippen LogP contribution in [0.1, 0.15) is 39.9 Å². The minimum absolute atomic E-state index is 0.193. The van der Waals surface area contributed by atoms with Crippen molar-refractivity contribution in [2.24, 2.45) is 13.0 Å². The fourth-order valence-electron chi connectivity index (χ4n) is 5.02. The summed E-state index contributed by atoms with van der Waals surface area (Å²) in [7, 11) is 1.76. The third-order valence-electron chi connectivity index (χ3n) is 7.03. The lowest BCUT2D eigenvalue weighted by molar-refractivity contribution is -0.131. The van der Waals surface area contributed by atoms with Gasteiger partial charge in [0.1, 0.15) is 5.75 Å². The molecule has 1 aromatic heterocycles. The molecule has 1 spiro atoms. The second-order valence-corrected chi connectivity index (χ2v) is 9.50. The summed E-state index contributed by atoms with van der Waals surface area (Å²) in [4.78, 5) is 37.1. The van der Waals surface area contributed by atoms with Gasteiger partial charge < -0.3 is 20.5 Å². The van der Waals surface area contributed by atoms with E-state index in [1.807, 2.05) is 0 Å². The van der Waals surface area contributed by atoms with Gasteiger partial charge in [0.15, 0.2) is 0 Å². The molecule has 1 saturated carbocycles. The molecule has 2 amide bonds. The number of carboxylic acid groups (broad SMARTS) is 1. The monoisotopic (exact) mass is 511 g/mol. The van der Waals surface area contributed by atoms with Gasteiger partial charge in [-0.15, -0.1) is 0 Å². The molecule has 38 heavy (non-hydrogen) atoms. The molecule has 2 aromatic carbocycles. The highest BCUT2D eigenvalue weighted by Crippen LogP contribution is 2.61. The molecular weight excluding hydrogens is 486 g/mol. The summed E-state index contributed by atoms with van der Waals surface area (Å²) in [5.74, 6) is -1.21. The molecule has 5 rings (SSSR count). The summed E-state index contributed by atoms with van der Waals surface area (Å²) in [6, 6.07) is 12.3. The Morgan fingerprint density at radius 1 is 1.26 bits per heavy atom. The van der Waals surface area contributed by atoms with E-state index in [2.05, 4.69) is 21.8 Å². The van der Waals surface area contributed by atoms with Gasteiger partial charge in [-0.25, -0.2) is 4.79 Å². The predicted octanol–water partition coefficient (Wildman–Crippen LogP) is 3.41. The van der Waals surface area contributed by atoms with Crippen LogP contribution in [0.5, 0.6) is 5.75 Å². The smallest absolute Gasteiger partial charge is 0.327 e. The lowest BCUT2D eigenvalue weighted by Gasteiger charge is -2.27. The largest absolute Gasteiger partial charge is 0.493 e. The van der Waals surface area contributed by atoms with Crippen molar-refractivity contribution in [3.63, 3.8) is 0 Å². The van der Waals surface area contributed by atoms with Gasteiger partial charge in [-0.05, 0) is 55.2 Å². The van der Waals surface area contributed by atoms with E-state index >= 15 is 0 Å². The van der Waals surface area contributed by atoms with Crippen LogP contribution in [0.3, 0.4) is 0 Å². The number of nitrogens with zero attached hydrogens (tertiary/aromatic N) is 3. The number of fused-ring (bicyclic) bond motifs is 2. The first-order chi connectivity index (χ1) is 18.3. The van der Waals surface area contributed by atoms with Crippen molar-refractivity contribution in [2.45, 2.75) is 24.7 Å². The maximum Gasteiger partial charge on any atom is 0.327 e. The fourth-order valence-corrected chi connectivity index (χ4v) is 5.02. The van der Waals surface area contributed by atoms with Crippen LogP contribution in [0.2, 0.25) is 0 Å². The molecule has 1 aliphatic carbocycles. The average molecular weight is 512 g/mol. The lowest BCUT2D eigenvalue weighted by Crippen LogP contribution is -2.27. The Morgan fingerprint density at radius 2 is 2.11 bits per heavy atom. The molecule has 1 fully saturated rings. The van der Waals surface area contributed by atoms with Crippen molar-refractivity contribution in [1.82, 2.24) is 9.78 Å². The third-order valence-corrected chi connectivity index (χ3v) is 7.03. The fraction of sp³-hybridized carbons (Fsp3) is 0.250. The lowest BCUT2D eigenvalue weighted by atomic mass is 9.86. The second-order valence-electron chi connectivity index (χ2n) is 9.50. The van der Waals surface area contributed by atoms with Crippen molar-refractivity contribution >= 4 is 29.2 Å². The first-order valence-electron chi connectivity index (χ1n) is 12.1. The molecule has 10 nitrogen and oxygen atoms in total. The number of allylic oxidation sites excluding steroid dienone is 1. The van der Waals surface area contributed by atoms with Gasteiger partial charge in [-0.2, -0.15) is 10.4 Å². The first kappa shape index (κ1) is 24.8. The molecule has 192 valence electrons. The van der Waals surface area contributed by atoms with E-state index < -0.39 is 11.4 Å². The Labute approximate surface area is 218 Å². The number of hydrogen-bond donors (Lipinski definition) is 3. The highest BCUT2D eigenvalue weighted by Gasteiger charge is 2.61. The van der Waals surface area contributed by atoms with E-state index in [1.54, 1.807) is 60.5 Å². The Morgan fingerprint density at radius 3 is 2.84 bits per heavy atom. The number of carboxylic acids is 1. The maximum absolute atomic E-state index is 13.4. The summed E-state index contributed by atoms with van der Waals surface area (Å²) < 4.78 is 7.44.